The summed E-state index contributed by atoms with van der Waals surface area (Å²) in [5, 5.41) is 17.2. The maximum atomic E-state index is 13.5. The smallest absolute Gasteiger partial charge is 0.269 e. The Labute approximate surface area is 233 Å². The summed E-state index contributed by atoms with van der Waals surface area (Å²) in [5.74, 6) is -1.34. The van der Waals surface area contributed by atoms with E-state index in [-0.39, 0.29) is 16.4 Å². The fraction of sp³-hybridized carbons (Fsp3) is 0.179. The van der Waals surface area contributed by atoms with Crippen molar-refractivity contribution in [3.63, 3.8) is 0 Å². The van der Waals surface area contributed by atoms with Crippen LogP contribution in [-0.4, -0.2) is 22.8 Å². The average molecular weight is 557 g/mol. The van der Waals surface area contributed by atoms with E-state index >= 15 is 0 Å². The number of carbonyl (C=O) groups is 3. The number of hydrazone groups is 1. The van der Waals surface area contributed by atoms with E-state index in [0.29, 0.717) is 28.4 Å². The lowest BCUT2D eigenvalue weighted by atomic mass is 9.95. The van der Waals surface area contributed by atoms with Crippen molar-refractivity contribution in [3.05, 3.63) is 86.8 Å². The monoisotopic (exact) mass is 556 g/mol. The van der Waals surface area contributed by atoms with E-state index in [1.165, 1.54) is 16.2 Å². The molecule has 1 aliphatic carbocycles. The second kappa shape index (κ2) is 11.1. The zero-order valence-corrected chi connectivity index (χ0v) is 22.6. The Balaban J connectivity index is 1.53. The molecule has 0 saturated carbocycles. The number of aryl methyl sites for hydroxylation is 2. The number of thiophene rings is 1. The summed E-state index contributed by atoms with van der Waals surface area (Å²) < 4.78 is 0. The summed E-state index contributed by atoms with van der Waals surface area (Å²) in [6, 6.07) is 18.4. The number of anilines is 3. The molecule has 5 rings (SSSR count). The Hall–Kier alpha value is -4.40. The van der Waals surface area contributed by atoms with Crippen LogP contribution in [0.4, 0.5) is 16.4 Å². The zero-order chi connectivity index (χ0) is 27.5. The van der Waals surface area contributed by atoms with Gasteiger partial charge in [0.25, 0.3) is 16.9 Å². The van der Waals surface area contributed by atoms with E-state index in [0.717, 1.165) is 47.0 Å². The Morgan fingerprint density at radius 3 is 2.49 bits per heavy atom. The molecule has 3 aromatic rings. The summed E-state index contributed by atoms with van der Waals surface area (Å²) in [7, 11) is 0. The molecule has 2 aromatic carbocycles. The highest BCUT2D eigenvalue weighted by molar-refractivity contribution is 8.19. The minimum absolute atomic E-state index is 0.0201. The third-order valence-corrected chi connectivity index (χ3v) is 8.50. The summed E-state index contributed by atoms with van der Waals surface area (Å²) >= 11 is 2.06. The molecular weight excluding hydrogens is 532 g/mol. The van der Waals surface area contributed by atoms with Crippen LogP contribution in [0.15, 0.2) is 70.3 Å². The number of hydrogen-bond donors (Lipinski definition) is 3. The third kappa shape index (κ3) is 5.30. The first kappa shape index (κ1) is 26.2. The molecule has 196 valence electrons. The molecule has 1 aromatic heterocycles. The number of nitrogens with two attached hydrogens (primary N) is 1. The lowest BCUT2D eigenvalue weighted by Gasteiger charge is -2.20. The van der Waals surface area contributed by atoms with Gasteiger partial charge in [0, 0.05) is 10.6 Å². The Bertz CT molecular complexity index is 1570. The molecule has 0 atom stereocenters. The Kier molecular flexibility index (Phi) is 7.49. The van der Waals surface area contributed by atoms with Crippen LogP contribution in [0.25, 0.3) is 0 Å². The number of fused-ring (bicyclic) bond motifs is 1. The molecule has 2 heterocycles. The number of nitriles is 1. The lowest BCUT2D eigenvalue weighted by Crippen LogP contribution is -2.29. The highest BCUT2D eigenvalue weighted by Crippen LogP contribution is 2.40. The number of hydrogen-bond acceptors (Lipinski definition) is 8. The van der Waals surface area contributed by atoms with Crippen LogP contribution in [0, 0.1) is 18.3 Å². The highest BCUT2D eigenvalue weighted by Gasteiger charge is 2.39. The molecule has 2 aliphatic rings. The summed E-state index contributed by atoms with van der Waals surface area (Å²) in [5.41, 5.74) is 11.8. The van der Waals surface area contributed by atoms with Crippen molar-refractivity contribution in [2.45, 2.75) is 32.6 Å². The van der Waals surface area contributed by atoms with Gasteiger partial charge in [-0.2, -0.15) is 10.4 Å². The van der Waals surface area contributed by atoms with Gasteiger partial charge in [0.1, 0.15) is 21.7 Å². The predicted molar refractivity (Wildman–Crippen MR) is 155 cm³/mol. The molecule has 11 heteroatoms. The van der Waals surface area contributed by atoms with E-state index in [1.54, 1.807) is 24.3 Å². The second-order valence-corrected chi connectivity index (χ2v) is 11.1. The number of primary amides is 1. The van der Waals surface area contributed by atoms with Gasteiger partial charge < -0.3 is 11.1 Å². The number of nitrogens with one attached hydrogen (secondary N) is 2. The van der Waals surface area contributed by atoms with Crippen molar-refractivity contribution in [3.8, 4) is 6.07 Å². The number of rotatable bonds is 6. The summed E-state index contributed by atoms with van der Waals surface area (Å²) in [6.45, 7) is 1.97. The molecule has 0 bridgehead atoms. The highest BCUT2D eigenvalue weighted by atomic mass is 32.2. The largest absolute Gasteiger partial charge is 0.365 e. The maximum absolute atomic E-state index is 13.5. The van der Waals surface area contributed by atoms with Crippen molar-refractivity contribution in [2.24, 2.45) is 10.8 Å². The molecule has 39 heavy (non-hydrogen) atoms. The van der Waals surface area contributed by atoms with Crippen molar-refractivity contribution in [2.75, 3.05) is 15.6 Å². The fourth-order valence-corrected chi connectivity index (χ4v) is 6.68. The summed E-state index contributed by atoms with van der Waals surface area (Å²) in [4.78, 5) is 41.4. The standard InChI is InChI=1S/C28H24N6O3S2/c1-16-11-13-17(14-12-16)32-33-24-28(37)39-27(34(24)18-7-3-2-4-8-18)20(15-29)25(36)31-26-22(23(30)35)19-9-5-6-10-21(19)38-26/h2-4,7-8,11-14,32H,5-6,9-10H2,1H3,(H2,30,35)(H,31,36)/b27-20-,33-24-. The molecule has 4 N–H and O–H groups in total. The van der Waals surface area contributed by atoms with E-state index in [1.807, 2.05) is 43.3 Å². The number of carbonyl (C=O) groups excluding carboxylic acids is 3. The van der Waals surface area contributed by atoms with Gasteiger partial charge in [0.2, 0.25) is 5.84 Å². The van der Waals surface area contributed by atoms with Crippen LogP contribution >= 0.6 is 23.1 Å². The Morgan fingerprint density at radius 1 is 1.08 bits per heavy atom. The van der Waals surface area contributed by atoms with Gasteiger partial charge in [-0.1, -0.05) is 35.9 Å². The lowest BCUT2D eigenvalue weighted by molar-refractivity contribution is -0.112. The van der Waals surface area contributed by atoms with Gasteiger partial charge in [-0.25, -0.2) is 0 Å². The molecule has 1 fully saturated rings. The molecule has 1 saturated heterocycles. The topological polar surface area (TPSA) is 141 Å². The number of amides is 2. The van der Waals surface area contributed by atoms with Gasteiger partial charge in [0.15, 0.2) is 0 Å². The molecule has 0 unspecified atom stereocenters. The average Bonchev–Trinajstić information content (AvgIpc) is 3.46. The zero-order valence-electron chi connectivity index (χ0n) is 21.0. The van der Waals surface area contributed by atoms with Crippen molar-refractivity contribution >= 4 is 62.2 Å². The Morgan fingerprint density at radius 2 is 1.79 bits per heavy atom. The van der Waals surface area contributed by atoms with E-state index in [2.05, 4.69) is 15.8 Å². The number of thioether (sulfide) groups is 1. The van der Waals surface area contributed by atoms with Gasteiger partial charge in [0.05, 0.1) is 11.3 Å². The van der Waals surface area contributed by atoms with Gasteiger partial charge in [-0.15, -0.1) is 11.3 Å². The van der Waals surface area contributed by atoms with Crippen LogP contribution in [0.3, 0.4) is 0 Å². The first-order valence-corrected chi connectivity index (χ1v) is 13.9. The number of benzene rings is 2. The molecule has 9 nitrogen and oxygen atoms in total. The second-order valence-electron chi connectivity index (χ2n) is 9.00. The van der Waals surface area contributed by atoms with E-state index in [4.69, 9.17) is 5.73 Å². The van der Waals surface area contributed by atoms with Crippen LogP contribution in [0.1, 0.15) is 39.2 Å². The molecule has 0 radical (unpaired) electrons. The van der Waals surface area contributed by atoms with Crippen molar-refractivity contribution in [1.29, 1.82) is 5.26 Å². The van der Waals surface area contributed by atoms with Gasteiger partial charge in [-0.05, 0) is 74.2 Å². The van der Waals surface area contributed by atoms with Crippen LogP contribution in [0.2, 0.25) is 0 Å². The van der Waals surface area contributed by atoms with Crippen LogP contribution < -0.4 is 21.4 Å². The first-order valence-electron chi connectivity index (χ1n) is 12.2. The van der Waals surface area contributed by atoms with Crippen LogP contribution in [-0.2, 0) is 22.4 Å². The quantitative estimate of drug-likeness (QED) is 0.222. The van der Waals surface area contributed by atoms with Gasteiger partial charge in [-0.3, -0.25) is 24.7 Å². The van der Waals surface area contributed by atoms with Crippen LogP contribution in [0.5, 0.6) is 0 Å². The normalized spacial score (nSPS) is 17.0. The van der Waals surface area contributed by atoms with Gasteiger partial charge >= 0.3 is 0 Å². The van der Waals surface area contributed by atoms with Crippen molar-refractivity contribution in [1.82, 2.24) is 0 Å². The third-order valence-electron chi connectivity index (χ3n) is 6.34. The molecule has 1 aliphatic heterocycles. The number of nitrogens with zero attached hydrogens (tertiary/aromatic N) is 3. The first-order chi connectivity index (χ1) is 18.9. The summed E-state index contributed by atoms with van der Waals surface area (Å²) in [6.07, 6.45) is 3.46. The minimum Gasteiger partial charge on any atom is -0.365 e. The fourth-order valence-electron chi connectivity index (χ4n) is 4.46. The van der Waals surface area contributed by atoms with E-state index in [9.17, 15) is 19.6 Å². The molecule has 0 spiro atoms. The number of para-hydroxylation sites is 1. The predicted octanol–water partition coefficient (Wildman–Crippen LogP) is 4.91. The minimum atomic E-state index is -0.734. The van der Waals surface area contributed by atoms with E-state index < -0.39 is 16.9 Å². The molecular formula is C28H24N6O3S2. The SMILES string of the molecule is Cc1ccc(N/N=C2/C(=O)S/C(=C(/C#N)C(=O)Nc3sc4c(c3C(N)=O)CCCC4)N2c2ccccc2)cc1. The van der Waals surface area contributed by atoms with Crippen molar-refractivity contribution < 1.29 is 14.4 Å². The maximum Gasteiger partial charge on any atom is 0.269 e. The number of amidine groups is 1. The molecule has 2 amide bonds.